The molecule has 1 aromatic heterocycles. The van der Waals surface area contributed by atoms with E-state index in [1.807, 2.05) is 0 Å². The molecule has 100 valence electrons. The summed E-state index contributed by atoms with van der Waals surface area (Å²) in [4.78, 5) is 17.8. The zero-order valence-electron chi connectivity index (χ0n) is 9.88. The van der Waals surface area contributed by atoms with Crippen molar-refractivity contribution in [2.75, 3.05) is 25.6 Å². The number of methoxy groups -OCH3 is 1. The lowest BCUT2D eigenvalue weighted by atomic mass is 10.3. The third-order valence-corrected chi connectivity index (χ3v) is 2.31. The molecular formula is C9H13ClN4O4. The van der Waals surface area contributed by atoms with Crippen molar-refractivity contribution in [2.24, 2.45) is 0 Å². The van der Waals surface area contributed by atoms with Crippen molar-refractivity contribution >= 4 is 23.1 Å². The molecule has 2 N–H and O–H groups in total. The lowest BCUT2D eigenvalue weighted by molar-refractivity contribution is -0.385. The van der Waals surface area contributed by atoms with Crippen molar-refractivity contribution in [1.82, 2.24) is 9.97 Å². The number of anilines is 1. The number of hydrogen-bond acceptors (Lipinski definition) is 7. The van der Waals surface area contributed by atoms with Gasteiger partial charge in [-0.1, -0.05) is 0 Å². The van der Waals surface area contributed by atoms with Gasteiger partial charge in [0, 0.05) is 7.11 Å². The molecule has 0 aliphatic heterocycles. The molecule has 0 aromatic carbocycles. The number of nitrogens with zero attached hydrogens (tertiary/aromatic N) is 3. The van der Waals surface area contributed by atoms with E-state index in [4.69, 9.17) is 21.4 Å². The van der Waals surface area contributed by atoms with Crippen LogP contribution in [0.15, 0.2) is 0 Å². The van der Waals surface area contributed by atoms with E-state index >= 15 is 0 Å². The molecule has 8 nitrogen and oxygen atoms in total. The average molecular weight is 277 g/mol. The molecule has 9 heteroatoms. The SMILES string of the molecule is COCC(CO)Nc1nc(Cl)nc(C)c1[N+](=O)[O-]. The van der Waals surface area contributed by atoms with E-state index in [-0.39, 0.29) is 35.7 Å². The zero-order chi connectivity index (χ0) is 13.7. The van der Waals surface area contributed by atoms with Crippen molar-refractivity contribution < 1.29 is 14.8 Å². The fourth-order valence-electron chi connectivity index (χ4n) is 1.39. The van der Waals surface area contributed by atoms with Crippen LogP contribution in [0.25, 0.3) is 0 Å². The highest BCUT2D eigenvalue weighted by molar-refractivity contribution is 6.28. The molecule has 0 amide bonds. The molecule has 0 saturated heterocycles. The van der Waals surface area contributed by atoms with Gasteiger partial charge in [-0.05, 0) is 18.5 Å². The van der Waals surface area contributed by atoms with Gasteiger partial charge in [-0.3, -0.25) is 10.1 Å². The Morgan fingerprint density at radius 2 is 2.28 bits per heavy atom. The highest BCUT2D eigenvalue weighted by Crippen LogP contribution is 2.26. The minimum atomic E-state index is -0.602. The molecule has 0 radical (unpaired) electrons. The Bertz CT molecular complexity index is 443. The summed E-state index contributed by atoms with van der Waals surface area (Å²) in [7, 11) is 1.46. The van der Waals surface area contributed by atoms with Gasteiger partial charge in [-0.25, -0.2) is 4.98 Å². The molecule has 0 bridgehead atoms. The fourth-order valence-corrected chi connectivity index (χ4v) is 1.60. The second-order valence-corrected chi connectivity index (χ2v) is 3.85. The normalized spacial score (nSPS) is 12.2. The highest BCUT2D eigenvalue weighted by atomic mass is 35.5. The number of nitrogens with one attached hydrogen (secondary N) is 1. The number of aryl methyl sites for hydroxylation is 1. The van der Waals surface area contributed by atoms with E-state index in [1.54, 1.807) is 0 Å². The third kappa shape index (κ3) is 3.49. The van der Waals surface area contributed by atoms with Crippen LogP contribution in [0.4, 0.5) is 11.5 Å². The van der Waals surface area contributed by atoms with Crippen molar-refractivity contribution in [3.05, 3.63) is 21.1 Å². The maximum absolute atomic E-state index is 10.9. The van der Waals surface area contributed by atoms with Crippen LogP contribution in [0, 0.1) is 17.0 Å². The first kappa shape index (κ1) is 14.6. The Morgan fingerprint density at radius 3 is 2.78 bits per heavy atom. The standard InChI is InChI=1S/C9H13ClN4O4/c1-5-7(14(16)17)8(13-9(10)11-5)12-6(3-15)4-18-2/h6,15H,3-4H2,1-2H3,(H,11,12,13). The van der Waals surface area contributed by atoms with Gasteiger partial charge in [0.2, 0.25) is 11.1 Å². The first-order valence-corrected chi connectivity index (χ1v) is 5.42. The van der Waals surface area contributed by atoms with E-state index < -0.39 is 11.0 Å². The van der Waals surface area contributed by atoms with Gasteiger partial charge in [0.25, 0.3) is 0 Å². The number of aromatic nitrogens is 2. The van der Waals surface area contributed by atoms with Gasteiger partial charge in [0.05, 0.1) is 24.2 Å². The van der Waals surface area contributed by atoms with E-state index in [9.17, 15) is 10.1 Å². The molecule has 1 rings (SSSR count). The number of nitro groups is 1. The summed E-state index contributed by atoms with van der Waals surface area (Å²) in [5.74, 6) is -0.0337. The van der Waals surface area contributed by atoms with Crippen LogP contribution in [-0.4, -0.2) is 46.4 Å². The smallest absolute Gasteiger partial charge is 0.332 e. The lowest BCUT2D eigenvalue weighted by Crippen LogP contribution is -2.29. The minimum Gasteiger partial charge on any atom is -0.394 e. The molecule has 0 aliphatic carbocycles. The number of halogens is 1. The molecule has 0 spiro atoms. The van der Waals surface area contributed by atoms with Crippen LogP contribution in [-0.2, 0) is 4.74 Å². The maximum atomic E-state index is 10.9. The van der Waals surface area contributed by atoms with Crippen LogP contribution in [0.2, 0.25) is 5.28 Å². The molecule has 18 heavy (non-hydrogen) atoms. The Kier molecular flexibility index (Phi) is 5.20. The lowest BCUT2D eigenvalue weighted by Gasteiger charge is -2.16. The number of aliphatic hydroxyl groups is 1. The summed E-state index contributed by atoms with van der Waals surface area (Å²) in [5, 5.41) is 22.6. The molecule has 0 saturated carbocycles. The predicted molar refractivity (Wildman–Crippen MR) is 64.8 cm³/mol. The summed E-state index contributed by atoms with van der Waals surface area (Å²) in [6, 6.07) is -0.515. The van der Waals surface area contributed by atoms with Gasteiger partial charge in [0.1, 0.15) is 5.69 Å². The first-order valence-electron chi connectivity index (χ1n) is 5.04. The summed E-state index contributed by atoms with van der Waals surface area (Å²) in [5.41, 5.74) is -0.120. The highest BCUT2D eigenvalue weighted by Gasteiger charge is 2.23. The van der Waals surface area contributed by atoms with Gasteiger partial charge in [-0.2, -0.15) is 4.98 Å². The molecular weight excluding hydrogens is 264 g/mol. The largest absolute Gasteiger partial charge is 0.394 e. The number of rotatable bonds is 6. The molecule has 1 unspecified atom stereocenters. The van der Waals surface area contributed by atoms with Crippen LogP contribution >= 0.6 is 11.6 Å². The first-order chi connectivity index (χ1) is 8.49. The second kappa shape index (κ2) is 6.43. The summed E-state index contributed by atoms with van der Waals surface area (Å²) in [6.45, 7) is 1.38. The van der Waals surface area contributed by atoms with Gasteiger partial charge in [-0.15, -0.1) is 0 Å². The molecule has 0 fully saturated rings. The van der Waals surface area contributed by atoms with E-state index in [1.165, 1.54) is 14.0 Å². The molecule has 0 aliphatic rings. The van der Waals surface area contributed by atoms with Crippen molar-refractivity contribution in [3.63, 3.8) is 0 Å². The topological polar surface area (TPSA) is 110 Å². The van der Waals surface area contributed by atoms with Gasteiger partial charge >= 0.3 is 5.69 Å². The average Bonchev–Trinajstić information content (AvgIpc) is 2.26. The van der Waals surface area contributed by atoms with Crippen molar-refractivity contribution in [3.8, 4) is 0 Å². The Hall–Kier alpha value is -1.51. The van der Waals surface area contributed by atoms with Crippen LogP contribution < -0.4 is 5.32 Å². The van der Waals surface area contributed by atoms with Gasteiger partial charge < -0.3 is 15.2 Å². The Labute approximate surface area is 108 Å². The number of hydrogen-bond donors (Lipinski definition) is 2. The maximum Gasteiger partial charge on any atom is 0.332 e. The number of aliphatic hydroxyl groups excluding tert-OH is 1. The quantitative estimate of drug-likeness (QED) is 0.448. The fraction of sp³-hybridized carbons (Fsp3) is 0.556. The monoisotopic (exact) mass is 276 g/mol. The van der Waals surface area contributed by atoms with Crippen molar-refractivity contribution in [2.45, 2.75) is 13.0 Å². The zero-order valence-corrected chi connectivity index (χ0v) is 10.6. The molecule has 1 atom stereocenters. The third-order valence-electron chi connectivity index (χ3n) is 2.14. The van der Waals surface area contributed by atoms with Gasteiger partial charge in [0.15, 0.2) is 0 Å². The van der Waals surface area contributed by atoms with E-state index in [2.05, 4.69) is 15.3 Å². The second-order valence-electron chi connectivity index (χ2n) is 3.51. The molecule has 1 heterocycles. The Morgan fingerprint density at radius 1 is 1.61 bits per heavy atom. The molecule has 1 aromatic rings. The predicted octanol–water partition coefficient (Wildman–Crippen LogP) is 0.766. The van der Waals surface area contributed by atoms with Crippen molar-refractivity contribution in [1.29, 1.82) is 0 Å². The minimum absolute atomic E-state index is 0.0337. The van der Waals surface area contributed by atoms with E-state index in [0.717, 1.165) is 0 Å². The van der Waals surface area contributed by atoms with Crippen LogP contribution in [0.3, 0.4) is 0 Å². The van der Waals surface area contributed by atoms with E-state index in [0.29, 0.717) is 0 Å². The Balaban J connectivity index is 3.09. The van der Waals surface area contributed by atoms with Crippen LogP contribution in [0.1, 0.15) is 5.69 Å². The number of ether oxygens (including phenoxy) is 1. The summed E-state index contributed by atoms with van der Waals surface area (Å²) in [6.07, 6.45) is 0. The summed E-state index contributed by atoms with van der Waals surface area (Å²) >= 11 is 5.65. The van der Waals surface area contributed by atoms with Crippen LogP contribution in [0.5, 0.6) is 0 Å². The summed E-state index contributed by atoms with van der Waals surface area (Å²) < 4.78 is 4.86.